The third-order valence-corrected chi connectivity index (χ3v) is 6.96. The summed E-state index contributed by atoms with van der Waals surface area (Å²) in [5.41, 5.74) is 3.03. The zero-order valence-electron chi connectivity index (χ0n) is 17.8. The van der Waals surface area contributed by atoms with Crippen LogP contribution in [0.15, 0.2) is 41.9 Å². The minimum absolute atomic E-state index is 0.214. The van der Waals surface area contributed by atoms with E-state index in [0.717, 1.165) is 41.5 Å². The summed E-state index contributed by atoms with van der Waals surface area (Å²) in [6.07, 6.45) is 2.53. The van der Waals surface area contributed by atoms with Gasteiger partial charge in [-0.15, -0.1) is 11.3 Å². The molecule has 0 amide bonds. The number of aliphatic hydroxyl groups is 1. The average molecular weight is 437 g/mol. The molecule has 4 N–H and O–H groups in total. The normalized spacial score (nSPS) is 19.4. The minimum Gasteiger partial charge on any atom is -0.391 e. The third-order valence-electron chi connectivity index (χ3n) is 6.00. The summed E-state index contributed by atoms with van der Waals surface area (Å²) in [4.78, 5) is 4.87. The molecule has 3 aromatic heterocycles. The fraction of sp³-hybridized carbons (Fsp3) is 0.391. The largest absolute Gasteiger partial charge is 0.391 e. The van der Waals surface area contributed by atoms with E-state index in [1.165, 1.54) is 10.1 Å². The van der Waals surface area contributed by atoms with Crippen molar-refractivity contribution in [2.24, 2.45) is 5.92 Å². The highest BCUT2D eigenvalue weighted by atomic mass is 32.1. The summed E-state index contributed by atoms with van der Waals surface area (Å²) in [5, 5.41) is 28.5. The van der Waals surface area contributed by atoms with E-state index in [1.807, 2.05) is 16.8 Å². The van der Waals surface area contributed by atoms with Gasteiger partial charge in [-0.2, -0.15) is 9.61 Å². The molecule has 5 rings (SSSR count). The van der Waals surface area contributed by atoms with Gasteiger partial charge in [-0.05, 0) is 24.9 Å². The Labute approximate surface area is 185 Å². The van der Waals surface area contributed by atoms with Gasteiger partial charge in [0.2, 0.25) is 0 Å². The van der Waals surface area contributed by atoms with Crippen molar-refractivity contribution in [1.82, 2.24) is 19.9 Å². The van der Waals surface area contributed by atoms with Gasteiger partial charge < -0.3 is 21.1 Å². The molecule has 2 atom stereocenters. The van der Waals surface area contributed by atoms with Gasteiger partial charge in [-0.1, -0.05) is 32.0 Å². The Morgan fingerprint density at radius 2 is 2.19 bits per heavy atom. The number of hydrogen-bond donors (Lipinski definition) is 4. The first kappa shape index (κ1) is 20.2. The van der Waals surface area contributed by atoms with E-state index in [0.29, 0.717) is 19.0 Å². The number of aliphatic hydroxyl groups excluding tert-OH is 1. The van der Waals surface area contributed by atoms with Crippen LogP contribution in [0.5, 0.6) is 0 Å². The number of piperidine rings is 1. The van der Waals surface area contributed by atoms with Gasteiger partial charge >= 0.3 is 0 Å². The maximum atomic E-state index is 10.3. The van der Waals surface area contributed by atoms with Crippen molar-refractivity contribution < 1.29 is 5.11 Å². The van der Waals surface area contributed by atoms with Crippen LogP contribution in [0.25, 0.3) is 15.7 Å². The molecule has 162 valence electrons. The molecule has 0 aliphatic carbocycles. The Kier molecular flexibility index (Phi) is 5.52. The van der Waals surface area contributed by atoms with Crippen LogP contribution in [-0.2, 0) is 0 Å². The number of benzene rings is 1. The van der Waals surface area contributed by atoms with E-state index in [-0.39, 0.29) is 12.0 Å². The molecule has 1 saturated heterocycles. The van der Waals surface area contributed by atoms with E-state index in [2.05, 4.69) is 64.5 Å². The molecular formula is C23H28N6OS. The van der Waals surface area contributed by atoms with Crippen molar-refractivity contribution in [3.8, 4) is 0 Å². The fourth-order valence-corrected chi connectivity index (χ4v) is 5.04. The number of fused-ring (bicyclic) bond motifs is 2. The lowest BCUT2D eigenvalue weighted by Gasteiger charge is -2.28. The first-order valence-electron chi connectivity index (χ1n) is 10.8. The molecule has 1 aromatic carbocycles. The van der Waals surface area contributed by atoms with Gasteiger partial charge in [-0.3, -0.25) is 0 Å². The van der Waals surface area contributed by atoms with Gasteiger partial charge in [0.15, 0.2) is 5.65 Å². The Morgan fingerprint density at radius 1 is 1.32 bits per heavy atom. The molecule has 0 radical (unpaired) electrons. The third kappa shape index (κ3) is 3.98. The zero-order chi connectivity index (χ0) is 21.4. The standard InChI is InChI=1S/C23H28N6OS/c1-14(2)17-11-26-29-22(27-18-13-31-20-6-4-3-5-16(18)20)9-21(28-23(17)29)25-10-15-7-8-24-12-19(15)30/h3-6,9,11,13-15,19,24,27,30H,7-8,10,12H2,1-2H3,(H,25,28). The number of aromatic nitrogens is 3. The van der Waals surface area contributed by atoms with Crippen molar-refractivity contribution in [3.05, 3.63) is 47.5 Å². The van der Waals surface area contributed by atoms with Gasteiger partial charge in [0.05, 0.1) is 18.0 Å². The van der Waals surface area contributed by atoms with E-state index in [1.54, 1.807) is 11.3 Å². The van der Waals surface area contributed by atoms with Crippen LogP contribution in [0.4, 0.5) is 17.3 Å². The maximum absolute atomic E-state index is 10.3. The molecule has 7 nitrogen and oxygen atoms in total. The minimum atomic E-state index is -0.332. The summed E-state index contributed by atoms with van der Waals surface area (Å²) in [7, 11) is 0. The van der Waals surface area contributed by atoms with E-state index < -0.39 is 0 Å². The van der Waals surface area contributed by atoms with Gasteiger partial charge in [-0.25, -0.2) is 4.98 Å². The van der Waals surface area contributed by atoms with E-state index in [4.69, 9.17) is 4.98 Å². The molecule has 4 aromatic rings. The summed E-state index contributed by atoms with van der Waals surface area (Å²) >= 11 is 1.73. The second-order valence-corrected chi connectivity index (χ2v) is 9.40. The van der Waals surface area contributed by atoms with Crippen molar-refractivity contribution in [2.75, 3.05) is 30.3 Å². The Balaban J connectivity index is 1.50. The molecule has 1 aliphatic heterocycles. The monoisotopic (exact) mass is 436 g/mol. The summed E-state index contributed by atoms with van der Waals surface area (Å²) in [5.74, 6) is 2.20. The molecule has 0 spiro atoms. The van der Waals surface area contributed by atoms with E-state index in [9.17, 15) is 5.11 Å². The Morgan fingerprint density at radius 3 is 3.03 bits per heavy atom. The van der Waals surface area contributed by atoms with Crippen molar-refractivity contribution in [1.29, 1.82) is 0 Å². The van der Waals surface area contributed by atoms with Crippen LogP contribution in [0, 0.1) is 5.92 Å². The summed E-state index contributed by atoms with van der Waals surface area (Å²) < 4.78 is 3.13. The molecule has 0 saturated carbocycles. The first-order valence-corrected chi connectivity index (χ1v) is 11.7. The maximum Gasteiger partial charge on any atom is 0.163 e. The van der Waals surface area contributed by atoms with Gasteiger partial charge in [0, 0.05) is 46.1 Å². The van der Waals surface area contributed by atoms with Crippen LogP contribution in [-0.4, -0.2) is 45.4 Å². The summed E-state index contributed by atoms with van der Waals surface area (Å²) in [6, 6.07) is 10.4. The second kappa shape index (κ2) is 8.45. The van der Waals surface area contributed by atoms with Crippen LogP contribution in [0.2, 0.25) is 0 Å². The molecule has 4 heterocycles. The average Bonchev–Trinajstić information content (AvgIpc) is 3.38. The van der Waals surface area contributed by atoms with Crippen LogP contribution in [0.3, 0.4) is 0 Å². The van der Waals surface area contributed by atoms with Crippen molar-refractivity contribution in [3.63, 3.8) is 0 Å². The predicted molar refractivity (Wildman–Crippen MR) is 128 cm³/mol. The molecular weight excluding hydrogens is 408 g/mol. The molecule has 0 bridgehead atoms. The summed E-state index contributed by atoms with van der Waals surface area (Å²) in [6.45, 7) is 6.59. The zero-order valence-corrected chi connectivity index (χ0v) is 18.6. The number of nitrogens with zero attached hydrogens (tertiary/aromatic N) is 3. The van der Waals surface area contributed by atoms with Crippen LogP contribution >= 0.6 is 11.3 Å². The highest BCUT2D eigenvalue weighted by Gasteiger charge is 2.23. The van der Waals surface area contributed by atoms with Crippen LogP contribution < -0.4 is 16.0 Å². The fourth-order valence-electron chi connectivity index (χ4n) is 4.15. The quantitative estimate of drug-likeness (QED) is 0.363. The highest BCUT2D eigenvalue weighted by Crippen LogP contribution is 2.33. The van der Waals surface area contributed by atoms with Crippen LogP contribution in [0.1, 0.15) is 31.7 Å². The molecule has 8 heteroatoms. The second-order valence-electron chi connectivity index (χ2n) is 8.49. The molecule has 2 unspecified atom stereocenters. The Hall–Kier alpha value is -2.68. The number of thiophene rings is 1. The number of hydrogen-bond acceptors (Lipinski definition) is 7. The van der Waals surface area contributed by atoms with Crippen molar-refractivity contribution >= 4 is 44.4 Å². The van der Waals surface area contributed by atoms with E-state index >= 15 is 0 Å². The SMILES string of the molecule is CC(C)c1cnn2c(Nc3csc4ccccc34)cc(NCC3CCNCC3O)nc12. The lowest BCUT2D eigenvalue weighted by molar-refractivity contribution is 0.0883. The highest BCUT2D eigenvalue weighted by molar-refractivity contribution is 7.17. The lowest BCUT2D eigenvalue weighted by Crippen LogP contribution is -2.43. The number of β-amino-alcohol motifs (C(OH)–C–C–N with tert-alkyl or cyclic N) is 1. The van der Waals surface area contributed by atoms with Crippen molar-refractivity contribution in [2.45, 2.75) is 32.3 Å². The lowest BCUT2D eigenvalue weighted by atomic mass is 9.95. The smallest absolute Gasteiger partial charge is 0.163 e. The predicted octanol–water partition coefficient (Wildman–Crippen LogP) is 4.19. The Bertz CT molecular complexity index is 1200. The van der Waals surface area contributed by atoms with Gasteiger partial charge in [0.25, 0.3) is 0 Å². The molecule has 1 fully saturated rings. The number of anilines is 3. The number of nitrogens with one attached hydrogen (secondary N) is 3. The molecule has 31 heavy (non-hydrogen) atoms. The topological polar surface area (TPSA) is 86.5 Å². The first-order chi connectivity index (χ1) is 15.1. The molecule has 1 aliphatic rings. The van der Waals surface area contributed by atoms with Gasteiger partial charge in [0.1, 0.15) is 11.6 Å². The number of rotatable bonds is 6.